The minimum Gasteiger partial charge on any atom is -0.508 e. The van der Waals surface area contributed by atoms with E-state index in [9.17, 15) is 19.8 Å². The number of carbonyl (C=O) groups excluding carboxylic acids is 2. The van der Waals surface area contributed by atoms with Crippen molar-refractivity contribution in [2.75, 3.05) is 6.61 Å². The summed E-state index contributed by atoms with van der Waals surface area (Å²) >= 11 is 0. The Bertz CT molecular complexity index is 875. The predicted molar refractivity (Wildman–Crippen MR) is 113 cm³/mol. The number of allylic oxidation sites excluding steroid dienone is 3. The van der Waals surface area contributed by atoms with E-state index in [0.717, 1.165) is 50.5 Å². The van der Waals surface area contributed by atoms with Gasteiger partial charge in [0.1, 0.15) is 12.4 Å². The van der Waals surface area contributed by atoms with Gasteiger partial charge in [-0.25, -0.2) is 0 Å². The zero-order valence-electron chi connectivity index (χ0n) is 18.7. The van der Waals surface area contributed by atoms with Crippen molar-refractivity contribution in [3.63, 3.8) is 0 Å². The maximum Gasteiger partial charge on any atom is 0.193 e. The van der Waals surface area contributed by atoms with Gasteiger partial charge in [-0.15, -0.1) is 0 Å². The molecular formula is C25H34O6. The van der Waals surface area contributed by atoms with Gasteiger partial charge >= 0.3 is 0 Å². The first-order chi connectivity index (χ1) is 14.7. The molecule has 5 aliphatic rings. The Balaban J connectivity index is 1.52. The molecule has 2 N–H and O–H groups in total. The van der Waals surface area contributed by atoms with Gasteiger partial charge in [0.05, 0.1) is 11.5 Å². The van der Waals surface area contributed by atoms with Crippen molar-refractivity contribution in [1.29, 1.82) is 0 Å². The van der Waals surface area contributed by atoms with E-state index in [0.29, 0.717) is 0 Å². The molecule has 0 amide bonds. The van der Waals surface area contributed by atoms with Crippen LogP contribution in [0.25, 0.3) is 0 Å². The second-order valence-corrected chi connectivity index (χ2v) is 10.7. The molecule has 3 saturated carbocycles. The topological polar surface area (TPSA) is 93.1 Å². The molecule has 31 heavy (non-hydrogen) atoms. The lowest BCUT2D eigenvalue weighted by Gasteiger charge is -2.58. The van der Waals surface area contributed by atoms with Gasteiger partial charge in [-0.3, -0.25) is 9.59 Å². The number of aliphatic hydroxyl groups is 2. The summed E-state index contributed by atoms with van der Waals surface area (Å²) in [6.07, 6.45) is 8.09. The minimum atomic E-state index is -1.09. The molecule has 6 heteroatoms. The quantitative estimate of drug-likeness (QED) is 0.707. The van der Waals surface area contributed by atoms with E-state index < -0.39 is 29.3 Å². The van der Waals surface area contributed by atoms with Crippen LogP contribution in [0.2, 0.25) is 0 Å². The first kappa shape index (κ1) is 21.4. The summed E-state index contributed by atoms with van der Waals surface area (Å²) in [6.45, 7) is 5.72. The molecule has 1 heterocycles. The van der Waals surface area contributed by atoms with Crippen LogP contribution in [0.4, 0.5) is 0 Å². The van der Waals surface area contributed by atoms with Crippen LogP contribution in [0.1, 0.15) is 65.7 Å². The molecule has 0 bridgehead atoms. The molecule has 5 rings (SSSR count). The summed E-state index contributed by atoms with van der Waals surface area (Å²) in [5.41, 5.74) is -1.07. The van der Waals surface area contributed by atoms with Gasteiger partial charge in [-0.2, -0.15) is 0 Å². The summed E-state index contributed by atoms with van der Waals surface area (Å²) < 4.78 is 12.7. The van der Waals surface area contributed by atoms with Crippen LogP contribution in [0.5, 0.6) is 0 Å². The van der Waals surface area contributed by atoms with Gasteiger partial charge in [0.15, 0.2) is 23.5 Å². The molecule has 0 aromatic carbocycles. The SMILES string of the molecule is CCCC1O[C@@H]2C[C@H]3[C@@H]4CCC5=CC(O)=CC(=O)[C@]5(C)[C@H]4CC[C@]3(C)[C@]2(C(=O)CO)O1. The Hall–Kier alpha value is -1.50. The largest absolute Gasteiger partial charge is 0.508 e. The monoisotopic (exact) mass is 430 g/mol. The lowest BCUT2D eigenvalue weighted by atomic mass is 9.46. The Morgan fingerprint density at radius 2 is 2.00 bits per heavy atom. The van der Waals surface area contributed by atoms with E-state index in [1.807, 2.05) is 6.92 Å². The molecule has 1 unspecified atom stereocenters. The van der Waals surface area contributed by atoms with Gasteiger partial charge in [-0.05, 0) is 69.3 Å². The molecule has 0 aromatic heterocycles. The molecular weight excluding hydrogens is 396 g/mol. The third-order valence-electron chi connectivity index (χ3n) is 9.58. The van der Waals surface area contributed by atoms with Crippen molar-refractivity contribution in [3.05, 3.63) is 23.5 Å². The Labute approximate surface area is 183 Å². The number of Topliss-reactive ketones (excluding diaryl/α,β-unsaturated/α-hetero) is 1. The van der Waals surface area contributed by atoms with E-state index >= 15 is 0 Å². The standard InChI is InChI=1S/C25H34O6/c1-4-5-22-30-21-12-18-16-7-6-14-10-15(27)11-19(28)24(14,3)17(16)8-9-23(18,2)25(21,31-22)20(29)13-26/h10-11,16-18,21-22,26-27H,4-9,12-13H2,1-3H3/t16-,17+,18+,21-,22?,23+,24+,25-/m1/s1. The van der Waals surface area contributed by atoms with E-state index in [1.165, 1.54) is 6.08 Å². The van der Waals surface area contributed by atoms with Gasteiger partial charge in [0, 0.05) is 11.5 Å². The van der Waals surface area contributed by atoms with Gasteiger partial charge in [-0.1, -0.05) is 25.8 Å². The van der Waals surface area contributed by atoms with Gasteiger partial charge in [0.25, 0.3) is 0 Å². The number of ether oxygens (including phenoxy) is 2. The van der Waals surface area contributed by atoms with E-state index in [4.69, 9.17) is 9.47 Å². The van der Waals surface area contributed by atoms with Crippen LogP contribution < -0.4 is 0 Å². The fourth-order valence-corrected chi connectivity index (χ4v) is 8.10. The van der Waals surface area contributed by atoms with Crippen LogP contribution in [0.3, 0.4) is 0 Å². The normalized spacial score (nSPS) is 48.3. The fourth-order valence-electron chi connectivity index (χ4n) is 8.10. The summed E-state index contributed by atoms with van der Waals surface area (Å²) in [5, 5.41) is 19.9. The number of aliphatic hydroxyl groups excluding tert-OH is 2. The highest BCUT2D eigenvalue weighted by molar-refractivity contribution is 5.99. The predicted octanol–water partition coefficient (Wildman–Crippen LogP) is 3.63. The summed E-state index contributed by atoms with van der Waals surface area (Å²) in [4.78, 5) is 26.3. The first-order valence-electron chi connectivity index (χ1n) is 11.9. The molecule has 0 aromatic rings. The van der Waals surface area contributed by atoms with Crippen molar-refractivity contribution in [3.8, 4) is 0 Å². The number of hydrogen-bond donors (Lipinski definition) is 2. The van der Waals surface area contributed by atoms with Crippen molar-refractivity contribution < 1.29 is 29.3 Å². The fraction of sp³-hybridized carbons (Fsp3) is 0.760. The zero-order chi connectivity index (χ0) is 22.2. The lowest BCUT2D eigenvalue weighted by molar-refractivity contribution is -0.187. The molecule has 0 radical (unpaired) electrons. The number of carbonyl (C=O) groups is 2. The number of fused-ring (bicyclic) bond motifs is 7. The molecule has 1 saturated heterocycles. The third kappa shape index (κ3) is 2.56. The highest BCUT2D eigenvalue weighted by atomic mass is 16.7. The Morgan fingerprint density at radius 1 is 1.23 bits per heavy atom. The Morgan fingerprint density at radius 3 is 2.71 bits per heavy atom. The van der Waals surface area contributed by atoms with Gasteiger partial charge < -0.3 is 19.7 Å². The first-order valence-corrected chi connectivity index (χ1v) is 11.9. The van der Waals surface area contributed by atoms with Gasteiger partial charge in [0.2, 0.25) is 0 Å². The number of rotatable bonds is 4. The molecule has 0 spiro atoms. The van der Waals surface area contributed by atoms with Crippen molar-refractivity contribution in [2.24, 2.45) is 28.6 Å². The van der Waals surface area contributed by atoms with Crippen LogP contribution in [0.15, 0.2) is 23.5 Å². The van der Waals surface area contributed by atoms with E-state index in [1.54, 1.807) is 6.08 Å². The smallest absolute Gasteiger partial charge is 0.193 e. The molecule has 4 fully saturated rings. The molecule has 170 valence electrons. The van der Waals surface area contributed by atoms with Crippen molar-refractivity contribution in [2.45, 2.75) is 83.7 Å². The lowest BCUT2D eigenvalue weighted by Crippen LogP contribution is -2.61. The van der Waals surface area contributed by atoms with Crippen LogP contribution in [-0.4, -0.2) is 46.4 Å². The Kier molecular flexibility index (Phi) is 4.82. The van der Waals surface area contributed by atoms with Crippen LogP contribution in [0, 0.1) is 28.6 Å². The second-order valence-electron chi connectivity index (χ2n) is 10.7. The average Bonchev–Trinajstić information content (AvgIpc) is 3.21. The molecule has 8 atom stereocenters. The highest BCUT2D eigenvalue weighted by Crippen LogP contribution is 2.69. The summed E-state index contributed by atoms with van der Waals surface area (Å²) in [5.74, 6) is 0.445. The number of ketones is 2. The highest BCUT2D eigenvalue weighted by Gasteiger charge is 2.74. The molecule has 6 nitrogen and oxygen atoms in total. The van der Waals surface area contributed by atoms with Crippen LogP contribution >= 0.6 is 0 Å². The maximum atomic E-state index is 13.2. The number of hydrogen-bond acceptors (Lipinski definition) is 6. The van der Waals surface area contributed by atoms with E-state index in [-0.39, 0.29) is 41.2 Å². The summed E-state index contributed by atoms with van der Waals surface area (Å²) in [7, 11) is 0. The third-order valence-corrected chi connectivity index (χ3v) is 9.58. The minimum absolute atomic E-state index is 0.00403. The maximum absolute atomic E-state index is 13.2. The van der Waals surface area contributed by atoms with E-state index in [2.05, 4.69) is 13.8 Å². The average molecular weight is 431 g/mol. The zero-order valence-corrected chi connectivity index (χ0v) is 18.7. The summed E-state index contributed by atoms with van der Waals surface area (Å²) in [6, 6.07) is 0. The molecule has 4 aliphatic carbocycles. The van der Waals surface area contributed by atoms with Crippen molar-refractivity contribution in [1.82, 2.24) is 0 Å². The van der Waals surface area contributed by atoms with Crippen LogP contribution in [-0.2, 0) is 19.1 Å². The molecule has 1 aliphatic heterocycles. The van der Waals surface area contributed by atoms with Crippen molar-refractivity contribution >= 4 is 11.6 Å². The second kappa shape index (κ2) is 7.00.